The third-order valence-electron chi connectivity index (χ3n) is 4.95. The third-order valence-corrected chi connectivity index (χ3v) is 4.95. The van der Waals surface area contributed by atoms with E-state index in [1.807, 2.05) is 24.3 Å². The molecule has 2 N–H and O–H groups in total. The van der Waals surface area contributed by atoms with E-state index in [9.17, 15) is 14.7 Å². The van der Waals surface area contributed by atoms with Gasteiger partial charge in [0.2, 0.25) is 5.88 Å². The molecule has 1 saturated carbocycles. The van der Waals surface area contributed by atoms with E-state index in [2.05, 4.69) is 9.98 Å². The van der Waals surface area contributed by atoms with Crippen molar-refractivity contribution < 1.29 is 5.11 Å². The normalized spacial score (nSPS) is 18.6. The number of aromatic amines is 1. The Kier molecular flexibility index (Phi) is 3.87. The lowest BCUT2D eigenvalue weighted by Gasteiger charge is -2.24. The van der Waals surface area contributed by atoms with Crippen molar-refractivity contribution in [3.8, 4) is 5.88 Å². The van der Waals surface area contributed by atoms with Crippen LogP contribution in [0.1, 0.15) is 49.3 Å². The first kappa shape index (κ1) is 15.6. The van der Waals surface area contributed by atoms with E-state index < -0.39 is 11.2 Å². The third kappa shape index (κ3) is 2.73. The van der Waals surface area contributed by atoms with Crippen molar-refractivity contribution in [3.05, 3.63) is 56.2 Å². The van der Waals surface area contributed by atoms with Crippen LogP contribution in [0.3, 0.4) is 0 Å². The Morgan fingerprint density at radius 1 is 1.16 bits per heavy atom. The molecular weight excluding hydrogens is 318 g/mol. The number of nitrogens with one attached hydrogen (secondary N) is 1. The number of aromatic hydroxyl groups is 1. The number of nitrogens with zero attached hydrogens (tertiary/aromatic N) is 2. The summed E-state index contributed by atoms with van der Waals surface area (Å²) < 4.78 is 1.34. The van der Waals surface area contributed by atoms with Crippen molar-refractivity contribution in [1.29, 1.82) is 0 Å². The maximum absolute atomic E-state index is 12.3. The molecule has 0 atom stereocenters. The predicted molar refractivity (Wildman–Crippen MR) is 97.6 cm³/mol. The maximum atomic E-state index is 12.3. The maximum Gasteiger partial charge on any atom is 0.331 e. The largest absolute Gasteiger partial charge is 0.494 e. The van der Waals surface area contributed by atoms with E-state index in [4.69, 9.17) is 0 Å². The first-order valence-electron chi connectivity index (χ1n) is 8.58. The zero-order valence-corrected chi connectivity index (χ0v) is 13.7. The Hall–Kier alpha value is -2.89. The standard InChI is InChI=1S/C19H19N3O3/c23-17-15(10-12-11-20-16-9-5-4-8-14(12)16)18(24)22(19(25)21-17)13-6-2-1-3-7-13/h4-5,8-11,13,24H,1-3,6-7H2,(H,21,23,25). The summed E-state index contributed by atoms with van der Waals surface area (Å²) in [6, 6.07) is 7.52. The molecule has 4 rings (SSSR count). The highest BCUT2D eigenvalue weighted by atomic mass is 16.3. The van der Waals surface area contributed by atoms with Crippen molar-refractivity contribution in [2.75, 3.05) is 0 Å². The Bertz CT molecular complexity index is 992. The highest BCUT2D eigenvalue weighted by molar-refractivity contribution is 6.21. The average molecular weight is 337 g/mol. The second kappa shape index (κ2) is 6.20. The number of hydrogen-bond donors (Lipinski definition) is 2. The number of para-hydroxylation sites is 1. The van der Waals surface area contributed by atoms with Gasteiger partial charge in [-0.3, -0.25) is 19.3 Å². The van der Waals surface area contributed by atoms with Crippen molar-refractivity contribution in [2.45, 2.75) is 38.1 Å². The predicted octanol–water partition coefficient (Wildman–Crippen LogP) is 3.00. The minimum Gasteiger partial charge on any atom is -0.494 e. The van der Waals surface area contributed by atoms with Gasteiger partial charge in [-0.1, -0.05) is 37.5 Å². The van der Waals surface area contributed by atoms with E-state index in [1.54, 1.807) is 12.3 Å². The number of allylic oxidation sites excluding steroid dienone is 1. The molecule has 6 heteroatoms. The van der Waals surface area contributed by atoms with Crippen LogP contribution in [0.2, 0.25) is 0 Å². The number of aliphatic imine (C=N–C) groups is 1. The summed E-state index contributed by atoms with van der Waals surface area (Å²) in [5.74, 6) is -0.258. The molecule has 25 heavy (non-hydrogen) atoms. The SMILES string of the molecule is O=c1[nH]c(=O)n(C2CCCCC2)c(O)c1C=C1C=Nc2ccccc21. The van der Waals surface area contributed by atoms with Crippen LogP contribution in [0.4, 0.5) is 5.69 Å². The van der Waals surface area contributed by atoms with E-state index in [0.717, 1.165) is 48.9 Å². The van der Waals surface area contributed by atoms with Crippen LogP contribution in [0.25, 0.3) is 11.6 Å². The van der Waals surface area contributed by atoms with Crippen molar-refractivity contribution in [2.24, 2.45) is 4.99 Å². The zero-order chi connectivity index (χ0) is 17.4. The molecule has 128 valence electrons. The van der Waals surface area contributed by atoms with Crippen LogP contribution in [-0.4, -0.2) is 20.9 Å². The van der Waals surface area contributed by atoms with Gasteiger partial charge in [0.15, 0.2) is 0 Å². The smallest absolute Gasteiger partial charge is 0.331 e. The second-order valence-electron chi connectivity index (χ2n) is 6.53. The van der Waals surface area contributed by atoms with Crippen molar-refractivity contribution >= 4 is 23.6 Å². The van der Waals surface area contributed by atoms with Crippen LogP contribution in [-0.2, 0) is 0 Å². The highest BCUT2D eigenvalue weighted by Crippen LogP contribution is 2.34. The molecule has 0 spiro atoms. The summed E-state index contributed by atoms with van der Waals surface area (Å²) in [7, 11) is 0. The number of fused-ring (bicyclic) bond motifs is 1. The Labute approximate surface area is 144 Å². The van der Waals surface area contributed by atoms with E-state index in [0.29, 0.717) is 0 Å². The van der Waals surface area contributed by atoms with Crippen LogP contribution >= 0.6 is 0 Å². The summed E-state index contributed by atoms with van der Waals surface area (Å²) in [5.41, 5.74) is 1.44. The summed E-state index contributed by atoms with van der Waals surface area (Å²) in [6.07, 6.45) is 8.11. The quantitative estimate of drug-likeness (QED) is 0.883. The monoisotopic (exact) mass is 337 g/mol. The fourth-order valence-corrected chi connectivity index (χ4v) is 3.67. The molecule has 1 aromatic carbocycles. The minimum absolute atomic E-state index is 0.0696. The fourth-order valence-electron chi connectivity index (χ4n) is 3.67. The number of aromatic nitrogens is 2. The molecule has 1 aliphatic carbocycles. The second-order valence-corrected chi connectivity index (χ2v) is 6.53. The topological polar surface area (TPSA) is 87.5 Å². The molecule has 2 heterocycles. The Morgan fingerprint density at radius 2 is 1.92 bits per heavy atom. The first-order chi connectivity index (χ1) is 12.1. The van der Waals surface area contributed by atoms with Crippen molar-refractivity contribution in [1.82, 2.24) is 9.55 Å². The van der Waals surface area contributed by atoms with Gasteiger partial charge >= 0.3 is 5.69 Å². The van der Waals surface area contributed by atoms with Gasteiger partial charge in [-0.25, -0.2) is 4.79 Å². The number of H-pyrrole nitrogens is 1. The van der Waals surface area contributed by atoms with Gasteiger partial charge in [-0.2, -0.15) is 0 Å². The fraction of sp³-hybridized carbons (Fsp3) is 0.316. The van der Waals surface area contributed by atoms with Gasteiger partial charge in [0.25, 0.3) is 5.56 Å². The molecule has 0 unspecified atom stereocenters. The molecule has 2 aliphatic rings. The van der Waals surface area contributed by atoms with Crippen LogP contribution < -0.4 is 11.2 Å². The first-order valence-corrected chi connectivity index (χ1v) is 8.58. The van der Waals surface area contributed by atoms with Crippen LogP contribution in [0.5, 0.6) is 5.88 Å². The van der Waals surface area contributed by atoms with E-state index in [-0.39, 0.29) is 17.5 Å². The van der Waals surface area contributed by atoms with Gasteiger partial charge in [0.05, 0.1) is 5.69 Å². The Balaban J connectivity index is 1.84. The number of benzene rings is 1. The molecular formula is C19H19N3O3. The summed E-state index contributed by atoms with van der Waals surface area (Å²) >= 11 is 0. The zero-order valence-electron chi connectivity index (χ0n) is 13.7. The molecule has 6 nitrogen and oxygen atoms in total. The summed E-state index contributed by atoms with van der Waals surface area (Å²) in [4.78, 5) is 31.2. The van der Waals surface area contributed by atoms with Gasteiger partial charge in [-0.05, 0) is 25.0 Å². The summed E-state index contributed by atoms with van der Waals surface area (Å²) in [6.45, 7) is 0. The minimum atomic E-state index is -0.583. The van der Waals surface area contributed by atoms with Gasteiger partial charge in [-0.15, -0.1) is 0 Å². The van der Waals surface area contributed by atoms with Crippen molar-refractivity contribution in [3.63, 3.8) is 0 Å². The lowest BCUT2D eigenvalue weighted by atomic mass is 9.95. The summed E-state index contributed by atoms with van der Waals surface area (Å²) in [5, 5.41) is 10.7. The number of rotatable bonds is 2. The molecule has 0 radical (unpaired) electrons. The molecule has 1 fully saturated rings. The molecule has 0 saturated heterocycles. The molecule has 0 amide bonds. The van der Waals surface area contributed by atoms with Gasteiger partial charge < -0.3 is 5.11 Å². The van der Waals surface area contributed by atoms with Gasteiger partial charge in [0.1, 0.15) is 5.56 Å². The lowest BCUT2D eigenvalue weighted by molar-refractivity contribution is 0.298. The average Bonchev–Trinajstić information content (AvgIpc) is 3.02. The Morgan fingerprint density at radius 3 is 2.72 bits per heavy atom. The van der Waals surface area contributed by atoms with E-state index >= 15 is 0 Å². The number of hydrogen-bond acceptors (Lipinski definition) is 4. The highest BCUT2D eigenvalue weighted by Gasteiger charge is 2.23. The van der Waals surface area contributed by atoms with Crippen LogP contribution in [0, 0.1) is 0 Å². The molecule has 1 aliphatic heterocycles. The lowest BCUT2D eigenvalue weighted by Crippen LogP contribution is -2.34. The molecule has 1 aromatic heterocycles. The van der Waals surface area contributed by atoms with Crippen LogP contribution in [0.15, 0.2) is 38.8 Å². The molecule has 2 aromatic rings. The molecule has 0 bridgehead atoms. The van der Waals surface area contributed by atoms with Gasteiger partial charge in [0, 0.05) is 23.4 Å². The van der Waals surface area contributed by atoms with E-state index in [1.165, 1.54) is 4.57 Å².